The van der Waals surface area contributed by atoms with Crippen molar-refractivity contribution in [2.75, 3.05) is 5.32 Å². The highest BCUT2D eigenvalue weighted by Gasteiger charge is 2.05. The van der Waals surface area contributed by atoms with Crippen molar-refractivity contribution in [3.63, 3.8) is 0 Å². The standard InChI is InChI=1S/C17H14BrN3O/c18-14-5-1-3-12(9-14)10-20-17(22)21-16-6-2-4-13-11-19-8-7-15(13)16/h1-9,11H,10H2,(H2,20,21,22). The molecule has 22 heavy (non-hydrogen) atoms. The van der Waals surface area contributed by atoms with Gasteiger partial charge in [-0.1, -0.05) is 40.2 Å². The topological polar surface area (TPSA) is 54.0 Å². The van der Waals surface area contributed by atoms with Crippen LogP contribution in [0.5, 0.6) is 0 Å². The summed E-state index contributed by atoms with van der Waals surface area (Å²) in [6.07, 6.45) is 3.49. The van der Waals surface area contributed by atoms with E-state index in [1.807, 2.05) is 48.5 Å². The third-order valence-corrected chi connectivity index (χ3v) is 3.76. The molecule has 1 heterocycles. The van der Waals surface area contributed by atoms with Crippen LogP contribution in [0.15, 0.2) is 65.4 Å². The first-order valence-corrected chi connectivity index (χ1v) is 7.64. The fraction of sp³-hybridized carbons (Fsp3) is 0.0588. The highest BCUT2D eigenvalue weighted by atomic mass is 79.9. The summed E-state index contributed by atoms with van der Waals surface area (Å²) in [5.74, 6) is 0. The Hall–Kier alpha value is -2.40. The number of halogens is 1. The van der Waals surface area contributed by atoms with Gasteiger partial charge in [0.2, 0.25) is 0 Å². The van der Waals surface area contributed by atoms with Crippen LogP contribution in [0.25, 0.3) is 10.8 Å². The average molecular weight is 356 g/mol. The number of aromatic nitrogens is 1. The molecule has 0 aliphatic carbocycles. The summed E-state index contributed by atoms with van der Waals surface area (Å²) >= 11 is 3.42. The minimum atomic E-state index is -0.232. The lowest BCUT2D eigenvalue weighted by Crippen LogP contribution is -2.28. The van der Waals surface area contributed by atoms with E-state index in [9.17, 15) is 4.79 Å². The van der Waals surface area contributed by atoms with Gasteiger partial charge in [0.05, 0.1) is 5.69 Å². The smallest absolute Gasteiger partial charge is 0.319 e. The maximum absolute atomic E-state index is 12.1. The number of benzene rings is 2. The second-order valence-electron chi connectivity index (χ2n) is 4.84. The molecule has 2 amide bonds. The van der Waals surface area contributed by atoms with E-state index < -0.39 is 0 Å². The van der Waals surface area contributed by atoms with Crippen molar-refractivity contribution in [3.8, 4) is 0 Å². The van der Waals surface area contributed by atoms with Crippen LogP contribution in [0.4, 0.5) is 10.5 Å². The van der Waals surface area contributed by atoms with Crippen LogP contribution >= 0.6 is 15.9 Å². The van der Waals surface area contributed by atoms with Gasteiger partial charge in [-0.25, -0.2) is 4.79 Å². The van der Waals surface area contributed by atoms with Crippen LogP contribution in [0.2, 0.25) is 0 Å². The second kappa shape index (κ2) is 6.58. The largest absolute Gasteiger partial charge is 0.334 e. The summed E-state index contributed by atoms with van der Waals surface area (Å²) in [4.78, 5) is 16.1. The second-order valence-corrected chi connectivity index (χ2v) is 5.76. The maximum Gasteiger partial charge on any atom is 0.319 e. The molecule has 110 valence electrons. The first kappa shape index (κ1) is 14.5. The minimum Gasteiger partial charge on any atom is -0.334 e. The number of nitrogens with zero attached hydrogens (tertiary/aromatic N) is 1. The third-order valence-electron chi connectivity index (χ3n) is 3.27. The van der Waals surface area contributed by atoms with E-state index in [2.05, 4.69) is 31.5 Å². The van der Waals surface area contributed by atoms with Gasteiger partial charge in [0.25, 0.3) is 0 Å². The summed E-state index contributed by atoms with van der Waals surface area (Å²) in [6.45, 7) is 0.470. The molecule has 3 rings (SSSR count). The monoisotopic (exact) mass is 355 g/mol. The molecule has 0 unspecified atom stereocenters. The van der Waals surface area contributed by atoms with Crippen LogP contribution in [0, 0.1) is 0 Å². The summed E-state index contributed by atoms with van der Waals surface area (Å²) in [5.41, 5.74) is 1.80. The van der Waals surface area contributed by atoms with Crippen LogP contribution in [-0.4, -0.2) is 11.0 Å². The van der Waals surface area contributed by atoms with Crippen molar-refractivity contribution in [3.05, 3.63) is 71.0 Å². The Balaban J connectivity index is 1.68. The molecule has 2 aromatic carbocycles. The zero-order chi connectivity index (χ0) is 15.4. The normalized spacial score (nSPS) is 10.4. The molecule has 0 aliphatic rings. The number of urea groups is 1. The van der Waals surface area contributed by atoms with Crippen LogP contribution in [0.3, 0.4) is 0 Å². The molecular formula is C17H14BrN3O. The van der Waals surface area contributed by atoms with Crippen molar-refractivity contribution in [2.24, 2.45) is 0 Å². The molecule has 1 aromatic heterocycles. The summed E-state index contributed by atoms with van der Waals surface area (Å²) in [5, 5.41) is 7.69. The molecule has 0 spiro atoms. The van der Waals surface area contributed by atoms with Gasteiger partial charge in [0.1, 0.15) is 0 Å². The van der Waals surface area contributed by atoms with E-state index >= 15 is 0 Å². The highest BCUT2D eigenvalue weighted by Crippen LogP contribution is 2.22. The Morgan fingerprint density at radius 1 is 1.14 bits per heavy atom. The van der Waals surface area contributed by atoms with Gasteiger partial charge >= 0.3 is 6.03 Å². The Morgan fingerprint density at radius 2 is 2.00 bits per heavy atom. The van der Waals surface area contributed by atoms with Gasteiger partial charge in [-0.3, -0.25) is 4.98 Å². The van der Waals surface area contributed by atoms with Crippen molar-refractivity contribution in [1.29, 1.82) is 0 Å². The van der Waals surface area contributed by atoms with Crippen molar-refractivity contribution in [2.45, 2.75) is 6.54 Å². The molecule has 2 N–H and O–H groups in total. The third kappa shape index (κ3) is 3.43. The lowest BCUT2D eigenvalue weighted by atomic mass is 10.1. The van der Waals surface area contributed by atoms with E-state index in [-0.39, 0.29) is 6.03 Å². The number of hydrogen-bond donors (Lipinski definition) is 2. The van der Waals surface area contributed by atoms with Gasteiger partial charge in [0, 0.05) is 34.2 Å². The number of carbonyl (C=O) groups is 1. The van der Waals surface area contributed by atoms with Gasteiger partial charge < -0.3 is 10.6 Å². The quantitative estimate of drug-likeness (QED) is 0.734. The number of rotatable bonds is 3. The van der Waals surface area contributed by atoms with Gasteiger partial charge in [-0.05, 0) is 29.8 Å². The summed E-state index contributed by atoms with van der Waals surface area (Å²) in [7, 11) is 0. The first-order chi connectivity index (χ1) is 10.7. The Kier molecular flexibility index (Phi) is 4.34. The Labute approximate surface area is 136 Å². The molecule has 3 aromatic rings. The predicted molar refractivity (Wildman–Crippen MR) is 91.7 cm³/mol. The zero-order valence-electron chi connectivity index (χ0n) is 11.7. The zero-order valence-corrected chi connectivity index (χ0v) is 13.3. The fourth-order valence-electron chi connectivity index (χ4n) is 2.23. The SMILES string of the molecule is O=C(NCc1cccc(Br)c1)Nc1cccc2cnccc12. The number of anilines is 1. The molecule has 0 saturated heterocycles. The molecule has 0 saturated carbocycles. The first-order valence-electron chi connectivity index (χ1n) is 6.84. The lowest BCUT2D eigenvalue weighted by Gasteiger charge is -2.10. The fourth-order valence-corrected chi connectivity index (χ4v) is 2.67. The Bertz CT molecular complexity index is 814. The van der Waals surface area contributed by atoms with Crippen molar-refractivity contribution < 1.29 is 4.79 Å². The van der Waals surface area contributed by atoms with Crippen LogP contribution < -0.4 is 10.6 Å². The number of fused-ring (bicyclic) bond motifs is 1. The molecule has 5 heteroatoms. The summed E-state index contributed by atoms with van der Waals surface area (Å²) in [6, 6.07) is 15.2. The number of carbonyl (C=O) groups excluding carboxylic acids is 1. The molecule has 0 radical (unpaired) electrons. The number of amides is 2. The molecule has 0 bridgehead atoms. The van der Waals surface area contributed by atoms with Gasteiger partial charge in [-0.2, -0.15) is 0 Å². The van der Waals surface area contributed by atoms with E-state index in [4.69, 9.17) is 0 Å². The van der Waals surface area contributed by atoms with Crippen molar-refractivity contribution >= 4 is 38.4 Å². The van der Waals surface area contributed by atoms with Crippen LogP contribution in [0.1, 0.15) is 5.56 Å². The highest BCUT2D eigenvalue weighted by molar-refractivity contribution is 9.10. The number of nitrogens with one attached hydrogen (secondary N) is 2. The lowest BCUT2D eigenvalue weighted by molar-refractivity contribution is 0.252. The van der Waals surface area contributed by atoms with Crippen LogP contribution in [-0.2, 0) is 6.54 Å². The maximum atomic E-state index is 12.1. The van der Waals surface area contributed by atoms with E-state index in [1.54, 1.807) is 12.4 Å². The van der Waals surface area contributed by atoms with Crippen molar-refractivity contribution in [1.82, 2.24) is 10.3 Å². The van der Waals surface area contributed by atoms with E-state index in [0.29, 0.717) is 6.54 Å². The molecule has 0 fully saturated rings. The van der Waals surface area contributed by atoms with E-state index in [0.717, 1.165) is 26.5 Å². The number of pyridine rings is 1. The van der Waals surface area contributed by atoms with E-state index in [1.165, 1.54) is 0 Å². The molecule has 0 atom stereocenters. The minimum absolute atomic E-state index is 0.232. The molecule has 0 aliphatic heterocycles. The summed E-state index contributed by atoms with van der Waals surface area (Å²) < 4.78 is 0.994. The molecule has 4 nitrogen and oxygen atoms in total. The molecular weight excluding hydrogens is 342 g/mol. The average Bonchev–Trinajstić information content (AvgIpc) is 2.53. The Morgan fingerprint density at radius 3 is 2.86 bits per heavy atom. The van der Waals surface area contributed by atoms with Gasteiger partial charge in [-0.15, -0.1) is 0 Å². The predicted octanol–water partition coefficient (Wildman–Crippen LogP) is 4.32. The number of hydrogen-bond acceptors (Lipinski definition) is 2. The van der Waals surface area contributed by atoms with Gasteiger partial charge in [0.15, 0.2) is 0 Å².